The summed E-state index contributed by atoms with van der Waals surface area (Å²) in [4.78, 5) is 4.69. The minimum absolute atomic E-state index is 0.404. The summed E-state index contributed by atoms with van der Waals surface area (Å²) in [5.74, 6) is 1.29. The maximum atomic E-state index is 6.09. The average molecular weight is 285 g/mol. The van der Waals surface area contributed by atoms with E-state index in [1.807, 2.05) is 0 Å². The fraction of sp³-hybridized carbons (Fsp3) is 0.235. The van der Waals surface area contributed by atoms with E-state index in [9.17, 15) is 0 Å². The molecule has 2 nitrogen and oxygen atoms in total. The van der Waals surface area contributed by atoms with Crippen molar-refractivity contribution in [2.45, 2.75) is 26.7 Å². The lowest BCUT2D eigenvalue weighted by atomic mass is 10.1. The lowest BCUT2D eigenvalue weighted by Gasteiger charge is -2.10. The van der Waals surface area contributed by atoms with Crippen LogP contribution in [0.2, 0.25) is 0 Å². The SMILES string of the molecule is Cc1ccc(-n2c(CCl)nc3c(C)cccc32)cc1C. The van der Waals surface area contributed by atoms with Gasteiger partial charge in [0.1, 0.15) is 5.82 Å². The molecule has 0 unspecified atom stereocenters. The summed E-state index contributed by atoms with van der Waals surface area (Å²) in [5, 5.41) is 0. The van der Waals surface area contributed by atoms with Crippen LogP contribution in [0.5, 0.6) is 0 Å². The maximum absolute atomic E-state index is 6.09. The van der Waals surface area contributed by atoms with Crippen LogP contribution in [0.25, 0.3) is 16.7 Å². The number of aromatic nitrogens is 2. The average Bonchev–Trinajstić information content (AvgIpc) is 2.82. The van der Waals surface area contributed by atoms with Gasteiger partial charge in [-0.05, 0) is 55.7 Å². The van der Waals surface area contributed by atoms with Crippen molar-refractivity contribution in [2.75, 3.05) is 0 Å². The summed E-state index contributed by atoms with van der Waals surface area (Å²) in [7, 11) is 0. The summed E-state index contributed by atoms with van der Waals surface area (Å²) in [6, 6.07) is 12.7. The van der Waals surface area contributed by atoms with Crippen LogP contribution in [0.3, 0.4) is 0 Å². The topological polar surface area (TPSA) is 17.8 Å². The molecule has 0 N–H and O–H groups in total. The standard InChI is InChI=1S/C17H17ClN2/c1-11-7-8-14(9-13(11)3)20-15-6-4-5-12(2)17(15)19-16(20)10-18/h4-9H,10H2,1-3H3. The number of hydrogen-bond donors (Lipinski definition) is 0. The van der Waals surface area contributed by atoms with Crippen LogP contribution >= 0.6 is 11.6 Å². The van der Waals surface area contributed by atoms with E-state index in [-0.39, 0.29) is 0 Å². The number of fused-ring (bicyclic) bond motifs is 1. The Bertz CT molecular complexity index is 787. The van der Waals surface area contributed by atoms with E-state index in [4.69, 9.17) is 16.6 Å². The van der Waals surface area contributed by atoms with E-state index in [1.54, 1.807) is 0 Å². The van der Waals surface area contributed by atoms with Crippen molar-refractivity contribution in [1.29, 1.82) is 0 Å². The van der Waals surface area contributed by atoms with E-state index >= 15 is 0 Å². The summed E-state index contributed by atoms with van der Waals surface area (Å²) < 4.78 is 2.15. The second-order valence-electron chi connectivity index (χ2n) is 5.21. The Kier molecular flexibility index (Phi) is 3.27. The van der Waals surface area contributed by atoms with Crippen molar-refractivity contribution in [3.63, 3.8) is 0 Å². The van der Waals surface area contributed by atoms with Gasteiger partial charge in [0.25, 0.3) is 0 Å². The highest BCUT2D eigenvalue weighted by molar-refractivity contribution is 6.17. The maximum Gasteiger partial charge on any atom is 0.129 e. The monoisotopic (exact) mass is 284 g/mol. The van der Waals surface area contributed by atoms with Gasteiger partial charge in [0.15, 0.2) is 0 Å². The highest BCUT2D eigenvalue weighted by Gasteiger charge is 2.13. The van der Waals surface area contributed by atoms with Crippen molar-refractivity contribution in [3.8, 4) is 5.69 Å². The Labute approximate surface area is 124 Å². The molecule has 2 aromatic carbocycles. The van der Waals surface area contributed by atoms with Gasteiger partial charge in [-0.1, -0.05) is 18.2 Å². The summed E-state index contributed by atoms with van der Waals surface area (Å²) >= 11 is 6.09. The van der Waals surface area contributed by atoms with Gasteiger partial charge in [0.2, 0.25) is 0 Å². The summed E-state index contributed by atoms with van der Waals surface area (Å²) in [5.41, 5.74) is 7.01. The number of nitrogens with zero attached hydrogens (tertiary/aromatic N) is 2. The Morgan fingerprint density at radius 3 is 2.50 bits per heavy atom. The summed E-state index contributed by atoms with van der Waals surface area (Å²) in [6.07, 6.45) is 0. The number of rotatable bonds is 2. The number of aryl methyl sites for hydroxylation is 3. The summed E-state index contributed by atoms with van der Waals surface area (Å²) in [6.45, 7) is 6.33. The smallest absolute Gasteiger partial charge is 0.129 e. The largest absolute Gasteiger partial charge is 0.295 e. The molecule has 0 aliphatic carbocycles. The van der Waals surface area contributed by atoms with Crippen molar-refractivity contribution in [2.24, 2.45) is 0 Å². The molecule has 0 radical (unpaired) electrons. The molecular formula is C17H17ClN2. The van der Waals surface area contributed by atoms with Gasteiger partial charge in [-0.25, -0.2) is 4.98 Å². The van der Waals surface area contributed by atoms with Crippen LogP contribution in [-0.4, -0.2) is 9.55 Å². The van der Waals surface area contributed by atoms with Gasteiger partial charge in [-0.2, -0.15) is 0 Å². The molecule has 0 saturated carbocycles. The first-order chi connectivity index (χ1) is 9.61. The quantitative estimate of drug-likeness (QED) is 0.624. The minimum Gasteiger partial charge on any atom is -0.295 e. The fourth-order valence-corrected chi connectivity index (χ4v) is 2.71. The van der Waals surface area contributed by atoms with E-state index in [1.165, 1.54) is 16.7 Å². The molecule has 0 aliphatic rings. The molecule has 20 heavy (non-hydrogen) atoms. The van der Waals surface area contributed by atoms with Gasteiger partial charge in [0.05, 0.1) is 16.9 Å². The van der Waals surface area contributed by atoms with Crippen LogP contribution in [-0.2, 0) is 5.88 Å². The number of alkyl halides is 1. The Morgan fingerprint density at radius 1 is 1.00 bits per heavy atom. The Balaban J connectivity index is 2.34. The first kappa shape index (κ1) is 13.2. The zero-order chi connectivity index (χ0) is 14.3. The van der Waals surface area contributed by atoms with Crippen molar-refractivity contribution >= 4 is 22.6 Å². The number of benzene rings is 2. The second-order valence-corrected chi connectivity index (χ2v) is 5.48. The zero-order valence-electron chi connectivity index (χ0n) is 11.9. The van der Waals surface area contributed by atoms with Crippen LogP contribution in [0, 0.1) is 20.8 Å². The molecule has 3 aromatic rings. The number of halogens is 1. The highest BCUT2D eigenvalue weighted by Crippen LogP contribution is 2.25. The zero-order valence-corrected chi connectivity index (χ0v) is 12.7. The molecule has 1 heterocycles. The molecule has 3 heteroatoms. The molecule has 0 spiro atoms. The lowest BCUT2D eigenvalue weighted by molar-refractivity contribution is 0.978. The molecule has 0 saturated heterocycles. The van der Waals surface area contributed by atoms with Crippen LogP contribution < -0.4 is 0 Å². The third kappa shape index (κ3) is 2.01. The van der Waals surface area contributed by atoms with Gasteiger partial charge in [0, 0.05) is 5.69 Å². The third-order valence-electron chi connectivity index (χ3n) is 3.82. The number of hydrogen-bond acceptors (Lipinski definition) is 1. The Hall–Kier alpha value is -1.80. The van der Waals surface area contributed by atoms with Gasteiger partial charge < -0.3 is 0 Å². The highest BCUT2D eigenvalue weighted by atomic mass is 35.5. The van der Waals surface area contributed by atoms with E-state index < -0.39 is 0 Å². The predicted octanol–water partition coefficient (Wildman–Crippen LogP) is 4.69. The molecule has 102 valence electrons. The van der Waals surface area contributed by atoms with Crippen LogP contribution in [0.4, 0.5) is 0 Å². The van der Waals surface area contributed by atoms with Crippen molar-refractivity contribution < 1.29 is 0 Å². The fourth-order valence-electron chi connectivity index (χ4n) is 2.53. The minimum atomic E-state index is 0.404. The van der Waals surface area contributed by atoms with Crippen molar-refractivity contribution in [3.05, 3.63) is 58.9 Å². The normalized spacial score (nSPS) is 11.2. The molecule has 0 bridgehead atoms. The molecule has 0 fully saturated rings. The molecule has 0 amide bonds. The first-order valence-electron chi connectivity index (χ1n) is 6.72. The van der Waals surface area contributed by atoms with Crippen LogP contribution in [0.15, 0.2) is 36.4 Å². The molecule has 3 rings (SSSR count). The molecular weight excluding hydrogens is 268 g/mol. The second kappa shape index (κ2) is 4.95. The van der Waals surface area contributed by atoms with E-state index in [0.717, 1.165) is 22.5 Å². The van der Waals surface area contributed by atoms with Crippen LogP contribution in [0.1, 0.15) is 22.5 Å². The third-order valence-corrected chi connectivity index (χ3v) is 4.06. The molecule has 1 aromatic heterocycles. The van der Waals surface area contributed by atoms with Crippen molar-refractivity contribution in [1.82, 2.24) is 9.55 Å². The van der Waals surface area contributed by atoms with E-state index in [0.29, 0.717) is 5.88 Å². The predicted molar refractivity (Wildman–Crippen MR) is 84.8 cm³/mol. The van der Waals surface area contributed by atoms with Gasteiger partial charge in [-0.15, -0.1) is 11.6 Å². The van der Waals surface area contributed by atoms with Gasteiger partial charge in [-0.3, -0.25) is 4.57 Å². The first-order valence-corrected chi connectivity index (χ1v) is 7.26. The number of imidazole rings is 1. The lowest BCUT2D eigenvalue weighted by Crippen LogP contribution is -2.00. The van der Waals surface area contributed by atoms with Gasteiger partial charge >= 0.3 is 0 Å². The van der Waals surface area contributed by atoms with E-state index in [2.05, 4.69) is 61.7 Å². The Morgan fingerprint density at radius 2 is 1.80 bits per heavy atom. The molecule has 0 aliphatic heterocycles. The number of para-hydroxylation sites is 1. The molecule has 0 atom stereocenters.